The van der Waals surface area contributed by atoms with E-state index in [1.165, 1.54) is 0 Å². The van der Waals surface area contributed by atoms with E-state index in [4.69, 9.17) is 28.4 Å². The summed E-state index contributed by atoms with van der Waals surface area (Å²) in [4.78, 5) is 0. The fraction of sp³-hybridized carbons (Fsp3) is 0.355. The van der Waals surface area contributed by atoms with Crippen molar-refractivity contribution in [2.24, 2.45) is 0 Å². The molecule has 2 aliphatic rings. The molecule has 3 aromatic rings. The van der Waals surface area contributed by atoms with Crippen molar-refractivity contribution in [2.75, 3.05) is 6.61 Å². The average molecular weight is 503 g/mol. The van der Waals surface area contributed by atoms with Crippen molar-refractivity contribution in [3.05, 3.63) is 114 Å². The molecule has 3 aromatic carbocycles. The summed E-state index contributed by atoms with van der Waals surface area (Å²) in [5, 5.41) is 0. The fourth-order valence-electron chi connectivity index (χ4n) is 4.61. The van der Waals surface area contributed by atoms with Gasteiger partial charge in [0, 0.05) is 0 Å². The van der Waals surface area contributed by atoms with Gasteiger partial charge in [0.2, 0.25) is 0 Å². The first-order valence-corrected chi connectivity index (χ1v) is 12.7. The molecular weight excluding hydrogens is 468 g/mol. The Labute approximate surface area is 218 Å². The zero-order chi connectivity index (χ0) is 25.5. The number of hydrogen-bond donors (Lipinski definition) is 0. The lowest BCUT2D eigenvalue weighted by molar-refractivity contribution is -0.234. The molecule has 0 N–H and O–H groups in total. The molecule has 5 rings (SSSR count). The smallest absolute Gasteiger partial charge is 0.191 e. The van der Waals surface area contributed by atoms with E-state index in [0.29, 0.717) is 19.8 Å². The Kier molecular flexibility index (Phi) is 8.34. The van der Waals surface area contributed by atoms with E-state index in [2.05, 4.69) is 0 Å². The van der Waals surface area contributed by atoms with Gasteiger partial charge in [-0.2, -0.15) is 0 Å². The van der Waals surface area contributed by atoms with Crippen LogP contribution in [0, 0.1) is 0 Å². The van der Waals surface area contributed by atoms with Gasteiger partial charge in [-0.25, -0.2) is 0 Å². The maximum absolute atomic E-state index is 6.40. The van der Waals surface area contributed by atoms with Gasteiger partial charge >= 0.3 is 0 Å². The summed E-state index contributed by atoms with van der Waals surface area (Å²) in [5.41, 5.74) is 3.21. The molecule has 194 valence electrons. The van der Waals surface area contributed by atoms with Crippen LogP contribution in [0.25, 0.3) is 6.08 Å². The molecule has 2 heterocycles. The molecule has 5 atom stereocenters. The second kappa shape index (κ2) is 12.0. The second-order valence-electron chi connectivity index (χ2n) is 9.72. The zero-order valence-corrected chi connectivity index (χ0v) is 21.3. The molecule has 0 amide bonds. The molecule has 0 radical (unpaired) electrons. The van der Waals surface area contributed by atoms with Crippen LogP contribution >= 0.6 is 0 Å². The first-order chi connectivity index (χ1) is 18.1. The highest BCUT2D eigenvalue weighted by molar-refractivity contribution is 5.47. The van der Waals surface area contributed by atoms with Gasteiger partial charge in [-0.1, -0.05) is 91.0 Å². The molecule has 0 spiro atoms. The third-order valence-corrected chi connectivity index (χ3v) is 6.39. The first kappa shape index (κ1) is 25.6. The van der Waals surface area contributed by atoms with E-state index in [0.717, 1.165) is 16.7 Å². The van der Waals surface area contributed by atoms with E-state index in [-0.39, 0.29) is 0 Å². The summed E-state index contributed by atoms with van der Waals surface area (Å²) < 4.78 is 37.4. The van der Waals surface area contributed by atoms with Crippen LogP contribution < -0.4 is 0 Å². The molecule has 2 fully saturated rings. The Morgan fingerprint density at radius 3 is 2.11 bits per heavy atom. The van der Waals surface area contributed by atoms with Crippen molar-refractivity contribution in [3.63, 3.8) is 0 Å². The summed E-state index contributed by atoms with van der Waals surface area (Å²) in [7, 11) is 0. The third-order valence-electron chi connectivity index (χ3n) is 6.39. The minimum Gasteiger partial charge on any atom is -0.492 e. The fourth-order valence-corrected chi connectivity index (χ4v) is 4.61. The van der Waals surface area contributed by atoms with Gasteiger partial charge in [0.25, 0.3) is 0 Å². The lowest BCUT2D eigenvalue weighted by Crippen LogP contribution is -2.45. The summed E-state index contributed by atoms with van der Waals surface area (Å²) >= 11 is 0. The molecule has 0 unspecified atom stereocenters. The van der Waals surface area contributed by atoms with E-state index in [1.54, 1.807) is 6.26 Å². The molecule has 2 saturated heterocycles. The highest BCUT2D eigenvalue weighted by Gasteiger charge is 2.58. The Morgan fingerprint density at radius 2 is 1.43 bits per heavy atom. The van der Waals surface area contributed by atoms with Crippen LogP contribution in [0.2, 0.25) is 0 Å². The molecule has 6 heteroatoms. The summed E-state index contributed by atoms with van der Waals surface area (Å²) in [6.07, 6.45) is 1.40. The standard InChI is InChI=1S/C31H34O6/c1-31(2)36-29-28(33-19-18-23-12-6-3-7-13-23)27(35-30(29)37-31)26(34-21-25-16-10-5-11-17-25)22-32-20-24-14-8-4-9-15-24/h3-19,26-30H,20-22H2,1-2H3/b19-18+/t26-,27+,28+,29-,30-/m1/s1. The molecule has 0 saturated carbocycles. The van der Waals surface area contributed by atoms with Crippen LogP contribution in [0.3, 0.4) is 0 Å². The van der Waals surface area contributed by atoms with Crippen molar-refractivity contribution < 1.29 is 28.4 Å². The van der Waals surface area contributed by atoms with Gasteiger partial charge in [0.05, 0.1) is 26.1 Å². The van der Waals surface area contributed by atoms with Gasteiger partial charge < -0.3 is 28.4 Å². The molecule has 2 aliphatic heterocycles. The lowest BCUT2D eigenvalue weighted by Gasteiger charge is -2.30. The van der Waals surface area contributed by atoms with Crippen LogP contribution in [-0.4, -0.2) is 43.1 Å². The number of fused-ring (bicyclic) bond motifs is 1. The molecular formula is C31H34O6. The summed E-state index contributed by atoms with van der Waals surface area (Å²) in [6, 6.07) is 30.2. The number of ether oxygens (including phenoxy) is 6. The first-order valence-electron chi connectivity index (χ1n) is 12.7. The number of benzene rings is 3. The monoisotopic (exact) mass is 502 g/mol. The maximum atomic E-state index is 6.40. The molecule has 0 bridgehead atoms. The van der Waals surface area contributed by atoms with Crippen LogP contribution in [0.1, 0.15) is 30.5 Å². The van der Waals surface area contributed by atoms with Crippen molar-refractivity contribution in [1.29, 1.82) is 0 Å². The van der Waals surface area contributed by atoms with Crippen molar-refractivity contribution >= 4 is 6.08 Å². The Morgan fingerprint density at radius 1 is 0.811 bits per heavy atom. The van der Waals surface area contributed by atoms with Crippen LogP contribution in [0.4, 0.5) is 0 Å². The van der Waals surface area contributed by atoms with E-state index < -0.39 is 36.5 Å². The van der Waals surface area contributed by atoms with Crippen molar-refractivity contribution in [1.82, 2.24) is 0 Å². The van der Waals surface area contributed by atoms with Crippen LogP contribution in [0.5, 0.6) is 0 Å². The Balaban J connectivity index is 1.32. The molecule has 37 heavy (non-hydrogen) atoms. The van der Waals surface area contributed by atoms with Crippen LogP contribution in [-0.2, 0) is 41.6 Å². The Hall–Kier alpha value is -3.00. The summed E-state index contributed by atoms with van der Waals surface area (Å²) in [6.45, 7) is 5.00. The quantitative estimate of drug-likeness (QED) is 0.313. The number of hydrogen-bond acceptors (Lipinski definition) is 6. The molecule has 0 aromatic heterocycles. The Bertz CT molecular complexity index is 1120. The molecule has 0 aliphatic carbocycles. The third kappa shape index (κ3) is 6.86. The highest BCUT2D eigenvalue weighted by Crippen LogP contribution is 2.40. The predicted molar refractivity (Wildman–Crippen MR) is 140 cm³/mol. The van der Waals surface area contributed by atoms with Gasteiger partial charge in [0.1, 0.15) is 12.2 Å². The average Bonchev–Trinajstić information content (AvgIpc) is 3.39. The van der Waals surface area contributed by atoms with Gasteiger partial charge in [0.15, 0.2) is 24.3 Å². The second-order valence-corrected chi connectivity index (χ2v) is 9.72. The van der Waals surface area contributed by atoms with E-state index in [9.17, 15) is 0 Å². The summed E-state index contributed by atoms with van der Waals surface area (Å²) in [5.74, 6) is -0.755. The van der Waals surface area contributed by atoms with E-state index >= 15 is 0 Å². The van der Waals surface area contributed by atoms with Gasteiger partial charge in [-0.3, -0.25) is 0 Å². The van der Waals surface area contributed by atoms with E-state index in [1.807, 2.05) is 111 Å². The minimum atomic E-state index is -0.755. The maximum Gasteiger partial charge on any atom is 0.191 e. The SMILES string of the molecule is CC1(C)O[C@H]2O[C@@H]([C@@H](COCc3ccccc3)OCc3ccccc3)[C@H](O/C=C/c3ccccc3)[C@H]2O1. The van der Waals surface area contributed by atoms with Crippen molar-refractivity contribution in [2.45, 2.75) is 63.6 Å². The molecule has 6 nitrogen and oxygen atoms in total. The minimum absolute atomic E-state index is 0.331. The highest BCUT2D eigenvalue weighted by atomic mass is 16.8. The predicted octanol–water partition coefficient (Wildman–Crippen LogP) is 5.72. The normalized spacial score (nSPS) is 25.2. The number of rotatable bonds is 11. The van der Waals surface area contributed by atoms with Gasteiger partial charge in [-0.05, 0) is 36.6 Å². The largest absolute Gasteiger partial charge is 0.492 e. The van der Waals surface area contributed by atoms with Crippen LogP contribution in [0.15, 0.2) is 97.3 Å². The van der Waals surface area contributed by atoms with Crippen molar-refractivity contribution in [3.8, 4) is 0 Å². The zero-order valence-electron chi connectivity index (χ0n) is 21.3. The lowest BCUT2D eigenvalue weighted by atomic mass is 10.1. The van der Waals surface area contributed by atoms with Gasteiger partial charge in [-0.15, -0.1) is 0 Å². The topological polar surface area (TPSA) is 55.4 Å².